The maximum Gasteiger partial charge on any atom is 0.416 e. The lowest BCUT2D eigenvalue weighted by molar-refractivity contribution is -0.0883. The molecule has 7 heteroatoms. The number of nitrogens with zero attached hydrogens (tertiary/aromatic N) is 2. The van der Waals surface area contributed by atoms with Gasteiger partial charge < -0.3 is 4.74 Å². The van der Waals surface area contributed by atoms with Crippen molar-refractivity contribution in [3.8, 4) is 5.88 Å². The van der Waals surface area contributed by atoms with Crippen LogP contribution in [0, 0.1) is 0 Å². The van der Waals surface area contributed by atoms with E-state index in [0.717, 1.165) is 6.08 Å². The summed E-state index contributed by atoms with van der Waals surface area (Å²) in [5, 5.41) is 7.22. The number of hydrogen-bond donors (Lipinski definition) is 0. The van der Waals surface area contributed by atoms with Crippen molar-refractivity contribution < 1.29 is 22.3 Å². The fourth-order valence-corrected chi connectivity index (χ4v) is 1.29. The Morgan fingerprint density at radius 1 is 1.35 bits per heavy atom. The van der Waals surface area contributed by atoms with Gasteiger partial charge in [0.15, 0.2) is 0 Å². The molecule has 0 fully saturated rings. The molecule has 0 aliphatic heterocycles. The summed E-state index contributed by atoms with van der Waals surface area (Å²) in [5.74, 6) is -0.740. The molecule has 1 aromatic rings. The number of allylic oxidation sites excluding steroid dienone is 5. The minimum Gasteiger partial charge on any atom is -0.480 e. The Morgan fingerprint density at radius 2 is 2.05 bits per heavy atom. The lowest BCUT2D eigenvalue weighted by Crippen LogP contribution is -2.10. The Hall–Kier alpha value is -2.18. The molecule has 1 heterocycles. The number of halogens is 4. The molecule has 0 unspecified atom stereocenters. The SMILES string of the molecule is C=C/C=C(\C=C(\F)Cc1ccc(OC)nn1)C(F)(F)F. The Labute approximate surface area is 113 Å². The molecule has 20 heavy (non-hydrogen) atoms. The minimum atomic E-state index is -4.64. The van der Waals surface area contributed by atoms with Gasteiger partial charge in [0.05, 0.1) is 18.4 Å². The predicted molar refractivity (Wildman–Crippen MR) is 65.8 cm³/mol. The van der Waals surface area contributed by atoms with E-state index in [-0.39, 0.29) is 18.0 Å². The van der Waals surface area contributed by atoms with E-state index >= 15 is 0 Å². The highest BCUT2D eigenvalue weighted by molar-refractivity contribution is 5.30. The van der Waals surface area contributed by atoms with Crippen LogP contribution in [0.3, 0.4) is 0 Å². The van der Waals surface area contributed by atoms with E-state index in [1.54, 1.807) is 0 Å². The molecule has 0 atom stereocenters. The number of methoxy groups -OCH3 is 1. The summed E-state index contributed by atoms with van der Waals surface area (Å²) >= 11 is 0. The van der Waals surface area contributed by atoms with Gasteiger partial charge in [-0.1, -0.05) is 18.7 Å². The molecule has 0 N–H and O–H groups in total. The second-order valence-electron chi connectivity index (χ2n) is 3.69. The first-order chi connectivity index (χ1) is 9.36. The van der Waals surface area contributed by atoms with E-state index in [2.05, 4.69) is 16.8 Å². The largest absolute Gasteiger partial charge is 0.480 e. The van der Waals surface area contributed by atoms with Gasteiger partial charge in [-0.15, -0.1) is 5.10 Å². The van der Waals surface area contributed by atoms with Crippen molar-refractivity contribution >= 4 is 0 Å². The van der Waals surface area contributed by atoms with Crippen molar-refractivity contribution in [1.82, 2.24) is 10.2 Å². The van der Waals surface area contributed by atoms with Crippen molar-refractivity contribution in [2.75, 3.05) is 7.11 Å². The van der Waals surface area contributed by atoms with Crippen molar-refractivity contribution in [1.29, 1.82) is 0 Å². The molecule has 0 bridgehead atoms. The molecule has 1 rings (SSSR count). The number of aromatic nitrogens is 2. The highest BCUT2D eigenvalue weighted by atomic mass is 19.4. The van der Waals surface area contributed by atoms with Gasteiger partial charge >= 0.3 is 6.18 Å². The van der Waals surface area contributed by atoms with Crippen molar-refractivity contribution in [2.45, 2.75) is 12.6 Å². The molecule has 0 amide bonds. The topological polar surface area (TPSA) is 35.0 Å². The quantitative estimate of drug-likeness (QED) is 0.614. The summed E-state index contributed by atoms with van der Waals surface area (Å²) < 4.78 is 55.9. The summed E-state index contributed by atoms with van der Waals surface area (Å²) in [6, 6.07) is 2.86. The summed E-state index contributed by atoms with van der Waals surface area (Å²) in [6.45, 7) is 3.16. The molecular weight excluding hydrogens is 276 g/mol. The first kappa shape index (κ1) is 15.9. The van der Waals surface area contributed by atoms with Gasteiger partial charge in [0.1, 0.15) is 5.83 Å². The van der Waals surface area contributed by atoms with Gasteiger partial charge in [0.25, 0.3) is 0 Å². The molecule has 0 radical (unpaired) electrons. The summed E-state index contributed by atoms with van der Waals surface area (Å²) in [6.07, 6.45) is -2.98. The summed E-state index contributed by atoms with van der Waals surface area (Å²) in [5.41, 5.74) is -0.925. The van der Waals surface area contributed by atoms with E-state index in [4.69, 9.17) is 4.74 Å². The molecule has 0 aromatic carbocycles. The standard InChI is InChI=1S/C13H12F4N2O/c1-3-4-9(13(15,16)17)7-10(14)8-11-5-6-12(20-2)19-18-11/h3-7H,1,8H2,2H3/b9-4+,10-7+. The lowest BCUT2D eigenvalue weighted by Gasteiger charge is -2.07. The van der Waals surface area contributed by atoms with Crippen molar-refractivity contribution in [3.63, 3.8) is 0 Å². The molecule has 1 aromatic heterocycles. The summed E-state index contributed by atoms with van der Waals surface area (Å²) in [4.78, 5) is 0. The van der Waals surface area contributed by atoms with Gasteiger partial charge in [-0.3, -0.25) is 0 Å². The Balaban J connectivity index is 2.87. The highest BCUT2D eigenvalue weighted by Gasteiger charge is 2.32. The number of hydrogen-bond acceptors (Lipinski definition) is 3. The maximum atomic E-state index is 13.6. The average molecular weight is 288 g/mol. The van der Waals surface area contributed by atoms with Gasteiger partial charge in [0, 0.05) is 12.5 Å². The third-order valence-corrected chi connectivity index (χ3v) is 2.19. The van der Waals surface area contributed by atoms with Gasteiger partial charge in [0.2, 0.25) is 5.88 Å². The van der Waals surface area contributed by atoms with E-state index in [0.29, 0.717) is 12.2 Å². The first-order valence-electron chi connectivity index (χ1n) is 5.49. The van der Waals surface area contributed by atoms with E-state index in [9.17, 15) is 17.6 Å². The fraction of sp³-hybridized carbons (Fsp3) is 0.231. The van der Waals surface area contributed by atoms with Crippen LogP contribution in [0.15, 0.2) is 48.3 Å². The van der Waals surface area contributed by atoms with E-state index in [1.165, 1.54) is 19.2 Å². The average Bonchev–Trinajstić information content (AvgIpc) is 2.38. The smallest absolute Gasteiger partial charge is 0.416 e. The zero-order valence-electron chi connectivity index (χ0n) is 10.6. The molecule has 0 saturated heterocycles. The third kappa shape index (κ3) is 4.83. The second kappa shape index (κ2) is 6.83. The van der Waals surface area contributed by atoms with Crippen LogP contribution < -0.4 is 4.74 Å². The molecule has 0 spiro atoms. The normalized spacial score (nSPS) is 13.2. The zero-order valence-corrected chi connectivity index (χ0v) is 10.6. The van der Waals surface area contributed by atoms with E-state index in [1.807, 2.05) is 0 Å². The number of alkyl halides is 3. The van der Waals surface area contributed by atoms with Crippen LogP contribution in [0.2, 0.25) is 0 Å². The highest BCUT2D eigenvalue weighted by Crippen LogP contribution is 2.28. The maximum absolute atomic E-state index is 13.6. The number of rotatable bonds is 5. The molecular formula is C13H12F4N2O. The molecule has 0 saturated carbocycles. The van der Waals surface area contributed by atoms with Crippen LogP contribution in [0.1, 0.15) is 5.69 Å². The summed E-state index contributed by atoms with van der Waals surface area (Å²) in [7, 11) is 1.39. The van der Waals surface area contributed by atoms with E-state index < -0.39 is 17.6 Å². The monoisotopic (exact) mass is 288 g/mol. The lowest BCUT2D eigenvalue weighted by atomic mass is 10.1. The van der Waals surface area contributed by atoms with Crippen LogP contribution in [-0.4, -0.2) is 23.5 Å². The predicted octanol–water partition coefficient (Wildman–Crippen LogP) is 3.56. The number of ether oxygens (including phenoxy) is 1. The minimum absolute atomic E-state index is 0.194. The van der Waals surface area contributed by atoms with Crippen LogP contribution in [-0.2, 0) is 6.42 Å². The van der Waals surface area contributed by atoms with Crippen molar-refractivity contribution in [3.05, 3.63) is 54.0 Å². The molecule has 0 aliphatic carbocycles. The van der Waals surface area contributed by atoms with Crippen LogP contribution >= 0.6 is 0 Å². The molecule has 3 nitrogen and oxygen atoms in total. The van der Waals surface area contributed by atoms with Crippen molar-refractivity contribution in [2.24, 2.45) is 0 Å². The van der Waals surface area contributed by atoms with Gasteiger partial charge in [-0.05, 0) is 12.1 Å². The zero-order chi connectivity index (χ0) is 15.2. The third-order valence-electron chi connectivity index (χ3n) is 2.19. The molecule has 0 aliphatic rings. The van der Waals surface area contributed by atoms with Crippen LogP contribution in [0.25, 0.3) is 0 Å². The Morgan fingerprint density at radius 3 is 2.50 bits per heavy atom. The van der Waals surface area contributed by atoms with Crippen LogP contribution in [0.4, 0.5) is 17.6 Å². The fourth-order valence-electron chi connectivity index (χ4n) is 1.29. The first-order valence-corrected chi connectivity index (χ1v) is 5.49. The second-order valence-corrected chi connectivity index (χ2v) is 3.69. The van der Waals surface area contributed by atoms with Crippen LogP contribution in [0.5, 0.6) is 5.88 Å². The van der Waals surface area contributed by atoms with Gasteiger partial charge in [-0.2, -0.15) is 18.3 Å². The van der Waals surface area contributed by atoms with Gasteiger partial charge in [-0.25, -0.2) is 4.39 Å². The Bertz CT molecular complexity index is 518. The molecule has 108 valence electrons. The Kier molecular flexibility index (Phi) is 5.42.